The number of carbonyl (C=O) groups excluding carboxylic acids is 2. The molecule has 0 unspecified atom stereocenters. The largest absolute Gasteiger partial charge is 0.481 e. The smallest absolute Gasteiger partial charge is 0.265 e. The molecule has 0 fully saturated rings. The Bertz CT molecular complexity index is 1040. The molecule has 3 rings (SSSR count). The van der Waals surface area contributed by atoms with Crippen molar-refractivity contribution in [3.8, 4) is 5.75 Å². The van der Waals surface area contributed by atoms with Crippen molar-refractivity contribution in [2.45, 2.75) is 46.3 Å². The topological polar surface area (TPSA) is 80.6 Å². The zero-order chi connectivity index (χ0) is 22.4. The number of aryl methyl sites for hydroxylation is 1. The van der Waals surface area contributed by atoms with Crippen LogP contribution in [0.3, 0.4) is 0 Å². The second-order valence-electron chi connectivity index (χ2n) is 7.75. The number of nitrogens with one attached hydrogen (secondary N) is 2. The van der Waals surface area contributed by atoms with Gasteiger partial charge in [0.2, 0.25) is 0 Å². The summed E-state index contributed by atoms with van der Waals surface area (Å²) < 4.78 is 11.2. The molecule has 0 aliphatic carbocycles. The maximum atomic E-state index is 12.8. The molecule has 3 aromatic rings. The van der Waals surface area contributed by atoms with Crippen molar-refractivity contribution in [2.24, 2.45) is 0 Å². The van der Waals surface area contributed by atoms with Crippen molar-refractivity contribution in [3.63, 3.8) is 0 Å². The summed E-state index contributed by atoms with van der Waals surface area (Å²) in [4.78, 5) is 25.4. The fourth-order valence-corrected chi connectivity index (χ4v) is 3.16. The molecular formula is C25H28N2O4. The molecule has 6 heteroatoms. The molecule has 0 aliphatic heterocycles. The number of amides is 2. The minimum atomic E-state index is -0.737. The van der Waals surface area contributed by atoms with Crippen LogP contribution in [0.2, 0.25) is 0 Å². The minimum Gasteiger partial charge on any atom is -0.481 e. The highest BCUT2D eigenvalue weighted by molar-refractivity contribution is 6.04. The van der Waals surface area contributed by atoms with Gasteiger partial charge in [-0.05, 0) is 61.2 Å². The lowest BCUT2D eigenvalue weighted by molar-refractivity contribution is -0.122. The number of benzene rings is 2. The summed E-state index contributed by atoms with van der Waals surface area (Å²) in [5.41, 5.74) is 2.90. The Hall–Kier alpha value is -3.54. The highest BCUT2D eigenvalue weighted by Gasteiger charge is 2.20. The Kier molecular flexibility index (Phi) is 7.13. The number of anilines is 1. The van der Waals surface area contributed by atoms with E-state index in [2.05, 4.69) is 24.5 Å². The fraction of sp³-hybridized carbons (Fsp3) is 0.280. The molecule has 0 saturated carbocycles. The van der Waals surface area contributed by atoms with E-state index in [9.17, 15) is 9.59 Å². The molecule has 0 aliphatic rings. The van der Waals surface area contributed by atoms with Gasteiger partial charge in [0, 0.05) is 0 Å². The van der Waals surface area contributed by atoms with Crippen molar-refractivity contribution < 1.29 is 18.7 Å². The van der Waals surface area contributed by atoms with Crippen LogP contribution in [-0.4, -0.2) is 17.9 Å². The summed E-state index contributed by atoms with van der Waals surface area (Å²) in [6.45, 7) is 8.11. The maximum Gasteiger partial charge on any atom is 0.265 e. The average molecular weight is 421 g/mol. The van der Waals surface area contributed by atoms with Crippen LogP contribution in [0.15, 0.2) is 65.3 Å². The first-order valence-corrected chi connectivity index (χ1v) is 10.3. The summed E-state index contributed by atoms with van der Waals surface area (Å²) in [5, 5.41) is 5.61. The van der Waals surface area contributed by atoms with Gasteiger partial charge >= 0.3 is 0 Å². The number of hydrogen-bond donors (Lipinski definition) is 2. The molecule has 162 valence electrons. The van der Waals surface area contributed by atoms with Gasteiger partial charge in [-0.1, -0.05) is 38.1 Å². The Balaban J connectivity index is 1.69. The number of furan rings is 1. The van der Waals surface area contributed by atoms with Crippen molar-refractivity contribution >= 4 is 17.5 Å². The molecule has 2 amide bonds. The molecule has 31 heavy (non-hydrogen) atoms. The Morgan fingerprint density at radius 1 is 1.03 bits per heavy atom. The Morgan fingerprint density at radius 3 is 2.52 bits per heavy atom. The van der Waals surface area contributed by atoms with E-state index < -0.39 is 6.10 Å². The summed E-state index contributed by atoms with van der Waals surface area (Å²) in [5.74, 6) is 0.978. The Morgan fingerprint density at radius 2 is 1.81 bits per heavy atom. The van der Waals surface area contributed by atoms with Crippen LogP contribution in [0.1, 0.15) is 53.9 Å². The molecule has 1 heterocycles. The standard InChI is InChI=1S/C25H28N2O4/c1-16(2)20-12-11-17(3)14-23(20)31-18(4)24(28)27-22-10-6-5-9-21(22)25(29)26-15-19-8-7-13-30-19/h5-14,16,18H,15H2,1-4H3,(H,26,29)(H,27,28)/t18-/m0/s1. The molecule has 2 aromatic carbocycles. The van der Waals surface area contributed by atoms with E-state index in [1.165, 1.54) is 0 Å². The van der Waals surface area contributed by atoms with Crippen LogP contribution >= 0.6 is 0 Å². The van der Waals surface area contributed by atoms with Gasteiger partial charge < -0.3 is 19.8 Å². The second-order valence-corrected chi connectivity index (χ2v) is 7.75. The van der Waals surface area contributed by atoms with Gasteiger partial charge in [-0.25, -0.2) is 0 Å². The van der Waals surface area contributed by atoms with Gasteiger partial charge in [0.15, 0.2) is 6.10 Å². The Labute approximate surface area is 182 Å². The number of carbonyl (C=O) groups is 2. The summed E-state index contributed by atoms with van der Waals surface area (Å²) in [7, 11) is 0. The van der Waals surface area contributed by atoms with E-state index in [1.54, 1.807) is 49.6 Å². The molecule has 0 saturated heterocycles. The van der Waals surface area contributed by atoms with E-state index >= 15 is 0 Å². The van der Waals surface area contributed by atoms with E-state index in [4.69, 9.17) is 9.15 Å². The minimum absolute atomic E-state index is 0.263. The van der Waals surface area contributed by atoms with Crippen molar-refractivity contribution in [3.05, 3.63) is 83.3 Å². The van der Waals surface area contributed by atoms with E-state index in [1.807, 2.05) is 25.1 Å². The number of hydrogen-bond acceptors (Lipinski definition) is 4. The quantitative estimate of drug-likeness (QED) is 0.535. The number of ether oxygens (including phenoxy) is 1. The van der Waals surface area contributed by atoms with Gasteiger partial charge in [0.25, 0.3) is 11.8 Å². The lowest BCUT2D eigenvalue weighted by atomic mass is 10.0. The van der Waals surface area contributed by atoms with Gasteiger partial charge in [-0.15, -0.1) is 0 Å². The molecule has 2 N–H and O–H groups in total. The van der Waals surface area contributed by atoms with E-state index in [-0.39, 0.29) is 24.3 Å². The van der Waals surface area contributed by atoms with E-state index in [0.717, 1.165) is 11.1 Å². The van der Waals surface area contributed by atoms with Crippen LogP contribution in [0.4, 0.5) is 5.69 Å². The molecule has 0 radical (unpaired) electrons. The van der Waals surface area contributed by atoms with Crippen molar-refractivity contribution in [2.75, 3.05) is 5.32 Å². The van der Waals surface area contributed by atoms with Crippen LogP contribution in [-0.2, 0) is 11.3 Å². The SMILES string of the molecule is Cc1ccc(C(C)C)c(O[C@@H](C)C(=O)Nc2ccccc2C(=O)NCc2ccco2)c1. The fourth-order valence-electron chi connectivity index (χ4n) is 3.16. The third kappa shape index (κ3) is 5.75. The number of rotatable bonds is 8. The monoisotopic (exact) mass is 420 g/mol. The lowest BCUT2D eigenvalue weighted by Gasteiger charge is -2.20. The van der Waals surface area contributed by atoms with Crippen molar-refractivity contribution in [1.82, 2.24) is 5.32 Å². The molecule has 1 atom stereocenters. The predicted octanol–water partition coefficient (Wildman–Crippen LogP) is 5.05. The maximum absolute atomic E-state index is 12.8. The van der Waals surface area contributed by atoms with Gasteiger partial charge in [-0.3, -0.25) is 9.59 Å². The van der Waals surface area contributed by atoms with Crippen LogP contribution in [0.5, 0.6) is 5.75 Å². The zero-order valence-electron chi connectivity index (χ0n) is 18.3. The normalized spacial score (nSPS) is 11.8. The molecule has 1 aromatic heterocycles. The zero-order valence-corrected chi connectivity index (χ0v) is 18.3. The van der Waals surface area contributed by atoms with Crippen LogP contribution in [0, 0.1) is 6.92 Å². The van der Waals surface area contributed by atoms with E-state index in [0.29, 0.717) is 22.8 Å². The highest BCUT2D eigenvalue weighted by atomic mass is 16.5. The highest BCUT2D eigenvalue weighted by Crippen LogP contribution is 2.28. The first-order chi connectivity index (χ1) is 14.8. The predicted molar refractivity (Wildman–Crippen MR) is 120 cm³/mol. The third-order valence-corrected chi connectivity index (χ3v) is 4.90. The summed E-state index contributed by atoms with van der Waals surface area (Å²) in [6, 6.07) is 16.4. The van der Waals surface area contributed by atoms with Crippen LogP contribution in [0.25, 0.3) is 0 Å². The average Bonchev–Trinajstić information content (AvgIpc) is 3.26. The first kappa shape index (κ1) is 22.2. The number of para-hydroxylation sites is 1. The summed E-state index contributed by atoms with van der Waals surface area (Å²) in [6.07, 6.45) is 0.814. The van der Waals surface area contributed by atoms with Gasteiger partial charge in [0.1, 0.15) is 11.5 Å². The lowest BCUT2D eigenvalue weighted by Crippen LogP contribution is -2.32. The molecule has 6 nitrogen and oxygen atoms in total. The molecule has 0 spiro atoms. The third-order valence-electron chi connectivity index (χ3n) is 4.90. The molecular weight excluding hydrogens is 392 g/mol. The van der Waals surface area contributed by atoms with Crippen LogP contribution < -0.4 is 15.4 Å². The van der Waals surface area contributed by atoms with Gasteiger partial charge in [-0.2, -0.15) is 0 Å². The molecule has 0 bridgehead atoms. The second kappa shape index (κ2) is 9.98. The van der Waals surface area contributed by atoms with Crippen molar-refractivity contribution in [1.29, 1.82) is 0 Å². The first-order valence-electron chi connectivity index (χ1n) is 10.3. The van der Waals surface area contributed by atoms with Gasteiger partial charge in [0.05, 0.1) is 24.1 Å². The summed E-state index contributed by atoms with van der Waals surface area (Å²) >= 11 is 0.